The Hall–Kier alpha value is -1.10. The van der Waals surface area contributed by atoms with Crippen LogP contribution in [0.25, 0.3) is 0 Å². The monoisotopic (exact) mass is 308 g/mol. The largest absolute Gasteiger partial charge is 0.493 e. The van der Waals surface area contributed by atoms with Crippen molar-refractivity contribution in [3.63, 3.8) is 0 Å². The zero-order chi connectivity index (χ0) is 13.9. The molecular formula is C15H17ClN2OS. The second-order valence-corrected chi connectivity index (χ2v) is 6.55. The van der Waals surface area contributed by atoms with Crippen molar-refractivity contribution in [2.45, 2.75) is 31.7 Å². The van der Waals surface area contributed by atoms with Gasteiger partial charge in [0.05, 0.1) is 17.3 Å². The molecule has 0 amide bonds. The molecule has 0 radical (unpaired) electrons. The summed E-state index contributed by atoms with van der Waals surface area (Å²) in [4.78, 5) is 5.97. The first-order valence-corrected chi connectivity index (χ1v) is 8.02. The van der Waals surface area contributed by atoms with Gasteiger partial charge < -0.3 is 10.5 Å². The molecule has 1 aliphatic rings. The van der Waals surface area contributed by atoms with E-state index in [9.17, 15) is 0 Å². The molecule has 1 aromatic heterocycles. The normalized spacial score (nSPS) is 14.5. The molecule has 0 spiro atoms. The lowest BCUT2D eigenvalue weighted by atomic mass is 10.2. The van der Waals surface area contributed by atoms with Gasteiger partial charge in [-0.25, -0.2) is 4.98 Å². The van der Waals surface area contributed by atoms with E-state index >= 15 is 0 Å². The van der Waals surface area contributed by atoms with Crippen LogP contribution in [0.2, 0.25) is 5.02 Å². The Morgan fingerprint density at radius 1 is 1.30 bits per heavy atom. The second kappa shape index (κ2) is 6.12. The maximum absolute atomic E-state index is 5.84. The average Bonchev–Trinajstić information content (AvgIpc) is 3.22. The van der Waals surface area contributed by atoms with Gasteiger partial charge in [0.15, 0.2) is 0 Å². The van der Waals surface area contributed by atoms with E-state index in [1.807, 2.05) is 24.3 Å². The molecule has 0 aliphatic heterocycles. The molecule has 0 atom stereocenters. The maximum Gasteiger partial charge on any atom is 0.119 e. The van der Waals surface area contributed by atoms with Gasteiger partial charge in [-0.3, -0.25) is 0 Å². The lowest BCUT2D eigenvalue weighted by Crippen LogP contribution is -2.01. The van der Waals surface area contributed by atoms with E-state index in [1.165, 1.54) is 23.4 Å². The molecule has 0 unspecified atom stereocenters. The van der Waals surface area contributed by atoms with Crippen LogP contribution in [0.3, 0.4) is 0 Å². The van der Waals surface area contributed by atoms with Crippen LogP contribution < -0.4 is 10.5 Å². The van der Waals surface area contributed by atoms with Gasteiger partial charge in [0.2, 0.25) is 0 Å². The molecule has 106 valence electrons. The fraction of sp³-hybridized carbons (Fsp3) is 0.400. The number of benzene rings is 1. The summed E-state index contributed by atoms with van der Waals surface area (Å²) < 4.78 is 5.70. The van der Waals surface area contributed by atoms with Gasteiger partial charge >= 0.3 is 0 Å². The lowest BCUT2D eigenvalue weighted by Gasteiger charge is -2.04. The summed E-state index contributed by atoms with van der Waals surface area (Å²) in [5.41, 5.74) is 7.03. The number of aromatic nitrogens is 1. The number of thiazole rings is 1. The molecule has 1 aliphatic carbocycles. The number of ether oxygens (including phenoxy) is 1. The van der Waals surface area contributed by atoms with Gasteiger partial charge in [0.1, 0.15) is 5.75 Å². The van der Waals surface area contributed by atoms with Crippen LogP contribution in [-0.4, -0.2) is 11.6 Å². The van der Waals surface area contributed by atoms with Crippen LogP contribution in [0.4, 0.5) is 0 Å². The number of nitrogens with two attached hydrogens (primary N) is 1. The molecular weight excluding hydrogens is 292 g/mol. The summed E-state index contributed by atoms with van der Waals surface area (Å²) in [6.45, 7) is 1.23. The van der Waals surface area contributed by atoms with Gasteiger partial charge in [-0.15, -0.1) is 11.3 Å². The summed E-state index contributed by atoms with van der Waals surface area (Å²) in [7, 11) is 0. The second-order valence-electron chi connectivity index (χ2n) is 4.95. The van der Waals surface area contributed by atoms with Crippen molar-refractivity contribution in [3.8, 4) is 5.75 Å². The Morgan fingerprint density at radius 2 is 2.05 bits per heavy atom. The molecule has 2 aromatic rings. The summed E-state index contributed by atoms with van der Waals surface area (Å²) >= 11 is 7.57. The van der Waals surface area contributed by atoms with Crippen molar-refractivity contribution < 1.29 is 4.74 Å². The maximum atomic E-state index is 5.84. The zero-order valence-electron chi connectivity index (χ0n) is 11.1. The third-order valence-electron chi connectivity index (χ3n) is 3.32. The molecule has 20 heavy (non-hydrogen) atoms. The van der Waals surface area contributed by atoms with Crippen LogP contribution in [0.1, 0.15) is 34.3 Å². The van der Waals surface area contributed by atoms with E-state index in [1.54, 1.807) is 11.3 Å². The average molecular weight is 309 g/mol. The van der Waals surface area contributed by atoms with E-state index < -0.39 is 0 Å². The summed E-state index contributed by atoms with van der Waals surface area (Å²) in [5, 5.41) is 1.85. The highest BCUT2D eigenvalue weighted by Crippen LogP contribution is 2.42. The number of rotatable bonds is 6. The van der Waals surface area contributed by atoms with Crippen LogP contribution in [-0.2, 0) is 13.0 Å². The molecule has 2 N–H and O–H groups in total. The summed E-state index contributed by atoms with van der Waals surface area (Å²) in [6, 6.07) is 7.42. The van der Waals surface area contributed by atoms with Gasteiger partial charge in [-0.1, -0.05) is 11.6 Å². The minimum absolute atomic E-state index is 0.599. The first-order chi connectivity index (χ1) is 9.76. The molecule has 0 bridgehead atoms. The van der Waals surface area contributed by atoms with Crippen molar-refractivity contribution >= 4 is 22.9 Å². The van der Waals surface area contributed by atoms with E-state index in [2.05, 4.69) is 0 Å². The summed E-state index contributed by atoms with van der Waals surface area (Å²) in [5.74, 6) is 1.50. The molecule has 1 fully saturated rings. The highest BCUT2D eigenvalue weighted by Gasteiger charge is 2.29. The minimum Gasteiger partial charge on any atom is -0.493 e. The van der Waals surface area contributed by atoms with Crippen LogP contribution in [0, 0.1) is 0 Å². The molecule has 0 saturated heterocycles. The van der Waals surface area contributed by atoms with Gasteiger partial charge in [-0.05, 0) is 37.1 Å². The quantitative estimate of drug-likeness (QED) is 0.884. The molecule has 1 aromatic carbocycles. The van der Waals surface area contributed by atoms with E-state index in [-0.39, 0.29) is 0 Å². The van der Waals surface area contributed by atoms with E-state index in [0.29, 0.717) is 19.1 Å². The SMILES string of the molecule is NCc1sc(CCOc2ccc(Cl)cc2)nc1C1CC1. The fourth-order valence-corrected chi connectivity index (χ4v) is 3.27. The number of halogens is 1. The Balaban J connectivity index is 1.56. The number of hydrogen-bond donors (Lipinski definition) is 1. The molecule has 1 heterocycles. The number of hydrogen-bond acceptors (Lipinski definition) is 4. The third-order valence-corrected chi connectivity index (χ3v) is 4.72. The van der Waals surface area contributed by atoms with E-state index in [0.717, 1.165) is 22.2 Å². The predicted octanol–water partition coefficient (Wildman–Crippen LogP) is 3.75. The topological polar surface area (TPSA) is 48.1 Å². The highest BCUT2D eigenvalue weighted by molar-refractivity contribution is 7.11. The van der Waals surface area contributed by atoms with Crippen molar-refractivity contribution in [2.75, 3.05) is 6.61 Å². The Kier molecular flexibility index (Phi) is 4.24. The molecule has 1 saturated carbocycles. The summed E-state index contributed by atoms with van der Waals surface area (Å²) in [6.07, 6.45) is 3.35. The van der Waals surface area contributed by atoms with Crippen LogP contribution >= 0.6 is 22.9 Å². The smallest absolute Gasteiger partial charge is 0.119 e. The van der Waals surface area contributed by atoms with Crippen LogP contribution in [0.15, 0.2) is 24.3 Å². The van der Waals surface area contributed by atoms with Gasteiger partial charge in [0.25, 0.3) is 0 Å². The van der Waals surface area contributed by atoms with Crippen molar-refractivity contribution in [1.29, 1.82) is 0 Å². The van der Waals surface area contributed by atoms with Crippen molar-refractivity contribution in [1.82, 2.24) is 4.98 Å². The van der Waals surface area contributed by atoms with Crippen molar-refractivity contribution in [3.05, 3.63) is 44.9 Å². The van der Waals surface area contributed by atoms with E-state index in [4.69, 9.17) is 27.1 Å². The lowest BCUT2D eigenvalue weighted by molar-refractivity contribution is 0.321. The van der Waals surface area contributed by atoms with Crippen molar-refractivity contribution in [2.24, 2.45) is 5.73 Å². The Labute approximate surface area is 127 Å². The first kappa shape index (κ1) is 13.9. The molecule has 5 heteroatoms. The Morgan fingerprint density at radius 3 is 2.70 bits per heavy atom. The molecule has 3 rings (SSSR count). The molecule has 3 nitrogen and oxygen atoms in total. The standard InChI is InChI=1S/C15H17ClN2OS/c16-11-3-5-12(6-4-11)19-8-7-14-18-15(10-1-2-10)13(9-17)20-14/h3-6,10H,1-2,7-9,17H2. The predicted molar refractivity (Wildman–Crippen MR) is 82.6 cm³/mol. The first-order valence-electron chi connectivity index (χ1n) is 6.83. The van der Waals surface area contributed by atoms with Gasteiger partial charge in [0, 0.05) is 28.8 Å². The third kappa shape index (κ3) is 3.32. The number of nitrogens with zero attached hydrogens (tertiary/aromatic N) is 1. The minimum atomic E-state index is 0.599. The highest BCUT2D eigenvalue weighted by atomic mass is 35.5. The van der Waals surface area contributed by atoms with Gasteiger partial charge in [-0.2, -0.15) is 0 Å². The van der Waals surface area contributed by atoms with Crippen LogP contribution in [0.5, 0.6) is 5.75 Å². The zero-order valence-corrected chi connectivity index (χ0v) is 12.7. The fourth-order valence-electron chi connectivity index (χ4n) is 2.13. The Bertz CT molecular complexity index is 578.